The molecule has 0 unspecified atom stereocenters. The van der Waals surface area contributed by atoms with Gasteiger partial charge in [-0.15, -0.1) is 0 Å². The van der Waals surface area contributed by atoms with Gasteiger partial charge in [0.05, 0.1) is 11.0 Å². The fourth-order valence-corrected chi connectivity index (χ4v) is 8.38. The molecule has 0 fully saturated rings. The lowest BCUT2D eigenvalue weighted by molar-refractivity contribution is 0.401. The Morgan fingerprint density at radius 3 is 1.67 bits per heavy atom. The van der Waals surface area contributed by atoms with Crippen LogP contribution in [-0.4, -0.2) is 4.57 Å². The molecule has 0 spiro atoms. The molecule has 2 heteroatoms. The molecule has 0 N–H and O–H groups in total. The van der Waals surface area contributed by atoms with Gasteiger partial charge in [0.1, 0.15) is 0 Å². The first-order chi connectivity index (χ1) is 22.1. The molecule has 1 nitrogen and oxygen atoms in total. The third-order valence-electron chi connectivity index (χ3n) is 10.3. The molecule has 1 aromatic heterocycles. The number of rotatable bonds is 12. The molecule has 1 aliphatic carbocycles. The van der Waals surface area contributed by atoms with Crippen LogP contribution < -0.4 is 0 Å². The summed E-state index contributed by atoms with van der Waals surface area (Å²) in [4.78, 5) is 0. The number of nitrogens with zero attached hydrogens (tertiary/aromatic N) is 1. The lowest BCUT2D eigenvalue weighted by Crippen LogP contribution is -2.25. The summed E-state index contributed by atoms with van der Waals surface area (Å²) in [6, 6.07) is 41.1. The van der Waals surface area contributed by atoms with Crippen LogP contribution >= 0.6 is 15.9 Å². The van der Waals surface area contributed by atoms with Gasteiger partial charge in [0.25, 0.3) is 0 Å². The molecule has 228 valence electrons. The third kappa shape index (κ3) is 5.46. The zero-order valence-corrected chi connectivity index (χ0v) is 28.4. The summed E-state index contributed by atoms with van der Waals surface area (Å²) in [5.74, 6) is 0. The molecule has 5 aromatic carbocycles. The van der Waals surface area contributed by atoms with Crippen LogP contribution in [0.5, 0.6) is 0 Å². The molecule has 0 bridgehead atoms. The van der Waals surface area contributed by atoms with E-state index in [1.165, 1.54) is 118 Å². The van der Waals surface area contributed by atoms with Crippen molar-refractivity contribution < 1.29 is 0 Å². The van der Waals surface area contributed by atoms with E-state index in [1.54, 1.807) is 11.1 Å². The number of unbranched alkanes of at least 4 members (excludes halogenated alkanes) is 6. The van der Waals surface area contributed by atoms with Crippen LogP contribution in [0, 0.1) is 0 Å². The Bertz CT molecular complexity index is 1880. The van der Waals surface area contributed by atoms with Gasteiger partial charge in [-0.1, -0.05) is 148 Å². The van der Waals surface area contributed by atoms with E-state index < -0.39 is 0 Å². The maximum absolute atomic E-state index is 3.85. The first-order valence-corrected chi connectivity index (χ1v) is 18.0. The van der Waals surface area contributed by atoms with Gasteiger partial charge in [-0.3, -0.25) is 0 Å². The van der Waals surface area contributed by atoms with Crippen molar-refractivity contribution in [2.75, 3.05) is 0 Å². The van der Waals surface area contributed by atoms with Crippen LogP contribution in [0.1, 0.15) is 89.2 Å². The van der Waals surface area contributed by atoms with E-state index in [0.29, 0.717) is 0 Å². The van der Waals surface area contributed by atoms with E-state index in [2.05, 4.69) is 144 Å². The largest absolute Gasteiger partial charge is 0.309 e. The van der Waals surface area contributed by atoms with Crippen molar-refractivity contribution in [1.82, 2.24) is 4.57 Å². The summed E-state index contributed by atoms with van der Waals surface area (Å²) in [6.45, 7) is 4.63. The summed E-state index contributed by atoms with van der Waals surface area (Å²) in [6.07, 6.45) is 12.8. The van der Waals surface area contributed by atoms with E-state index >= 15 is 0 Å². The van der Waals surface area contributed by atoms with Gasteiger partial charge >= 0.3 is 0 Å². The molecular formula is C43H44BrN. The summed E-state index contributed by atoms with van der Waals surface area (Å²) in [7, 11) is 0. The smallest absolute Gasteiger partial charge is 0.0541 e. The Hall–Kier alpha value is -3.62. The lowest BCUT2D eigenvalue weighted by Gasteiger charge is -2.33. The van der Waals surface area contributed by atoms with Crippen molar-refractivity contribution in [3.8, 4) is 27.9 Å². The number of para-hydroxylation sites is 2. The van der Waals surface area contributed by atoms with E-state index in [0.717, 1.165) is 0 Å². The predicted molar refractivity (Wildman–Crippen MR) is 198 cm³/mol. The van der Waals surface area contributed by atoms with Crippen molar-refractivity contribution in [3.63, 3.8) is 0 Å². The molecule has 0 aliphatic heterocycles. The van der Waals surface area contributed by atoms with Gasteiger partial charge < -0.3 is 4.57 Å². The molecule has 0 radical (unpaired) electrons. The molecular weight excluding hydrogens is 610 g/mol. The highest BCUT2D eigenvalue weighted by Gasteiger charge is 2.42. The minimum Gasteiger partial charge on any atom is -0.309 e. The molecule has 0 amide bonds. The Morgan fingerprint density at radius 1 is 0.533 bits per heavy atom. The van der Waals surface area contributed by atoms with Crippen LogP contribution in [0.4, 0.5) is 0 Å². The number of hydrogen-bond acceptors (Lipinski definition) is 0. The average Bonchev–Trinajstić information content (AvgIpc) is 3.55. The van der Waals surface area contributed by atoms with E-state index in [-0.39, 0.29) is 5.41 Å². The Balaban J connectivity index is 1.29. The van der Waals surface area contributed by atoms with E-state index in [1.807, 2.05) is 0 Å². The molecule has 0 saturated carbocycles. The standard InChI is InChI=1S/C43H44BrN/c1-3-5-7-13-27-43(28-14-8-6-4-2)39-29-32(21-25-35(39)36-26-22-33(44)30-40(36)43)31-19-23-34(24-20-31)45-41-17-11-9-15-37(41)38-16-10-12-18-42(38)45/h9-12,15-26,29-30H,3-8,13-14,27-28H2,1-2H3. The summed E-state index contributed by atoms with van der Waals surface area (Å²) < 4.78 is 3.60. The minimum atomic E-state index is 0.0782. The van der Waals surface area contributed by atoms with Crippen molar-refractivity contribution in [2.45, 2.75) is 83.5 Å². The first kappa shape index (κ1) is 30.1. The van der Waals surface area contributed by atoms with Gasteiger partial charge in [-0.25, -0.2) is 0 Å². The normalized spacial score (nSPS) is 13.4. The van der Waals surface area contributed by atoms with Gasteiger partial charge in [-0.05, 0) is 88.7 Å². The van der Waals surface area contributed by atoms with Crippen LogP contribution in [-0.2, 0) is 5.41 Å². The Morgan fingerprint density at radius 2 is 1.07 bits per heavy atom. The number of hydrogen-bond donors (Lipinski definition) is 0. The highest BCUT2D eigenvalue weighted by molar-refractivity contribution is 9.10. The third-order valence-corrected chi connectivity index (χ3v) is 10.8. The number of halogens is 1. The molecule has 0 saturated heterocycles. The van der Waals surface area contributed by atoms with Crippen LogP contribution in [0.2, 0.25) is 0 Å². The first-order valence-electron chi connectivity index (χ1n) is 17.2. The predicted octanol–water partition coefficient (Wildman–Crippen LogP) is 13.4. The quantitative estimate of drug-likeness (QED) is 0.116. The zero-order chi connectivity index (χ0) is 30.8. The van der Waals surface area contributed by atoms with Gasteiger partial charge in [0, 0.05) is 26.3 Å². The fraction of sp³-hybridized carbons (Fsp3) is 0.302. The van der Waals surface area contributed by atoms with Crippen LogP contribution in [0.25, 0.3) is 49.7 Å². The van der Waals surface area contributed by atoms with E-state index in [9.17, 15) is 0 Å². The number of fused-ring (bicyclic) bond motifs is 6. The van der Waals surface area contributed by atoms with Crippen LogP contribution in [0.15, 0.2) is 114 Å². The highest BCUT2D eigenvalue weighted by atomic mass is 79.9. The SMILES string of the molecule is CCCCCCC1(CCCCCC)c2cc(Br)ccc2-c2ccc(-c3ccc(-n4c5ccccc5c5ccccc54)cc3)cc21. The lowest BCUT2D eigenvalue weighted by atomic mass is 9.70. The van der Waals surface area contributed by atoms with Crippen molar-refractivity contribution in [3.05, 3.63) is 125 Å². The maximum Gasteiger partial charge on any atom is 0.0541 e. The fourth-order valence-electron chi connectivity index (χ4n) is 8.02. The second-order valence-corrected chi connectivity index (χ2v) is 14.0. The zero-order valence-electron chi connectivity index (χ0n) is 26.8. The number of benzene rings is 5. The monoisotopic (exact) mass is 653 g/mol. The molecule has 45 heavy (non-hydrogen) atoms. The highest BCUT2D eigenvalue weighted by Crippen LogP contribution is 2.55. The summed E-state index contributed by atoms with van der Waals surface area (Å²) in [5, 5.41) is 2.60. The van der Waals surface area contributed by atoms with Crippen LogP contribution in [0.3, 0.4) is 0 Å². The molecule has 1 aliphatic rings. The van der Waals surface area contributed by atoms with Crippen molar-refractivity contribution >= 4 is 37.7 Å². The Kier molecular flexibility index (Phi) is 8.69. The second kappa shape index (κ2) is 13.0. The van der Waals surface area contributed by atoms with Gasteiger partial charge in [-0.2, -0.15) is 0 Å². The minimum absolute atomic E-state index is 0.0782. The number of aromatic nitrogens is 1. The Labute approximate surface area is 277 Å². The molecule has 1 heterocycles. The maximum atomic E-state index is 3.85. The second-order valence-electron chi connectivity index (χ2n) is 13.1. The molecule has 7 rings (SSSR count). The summed E-state index contributed by atoms with van der Waals surface area (Å²) in [5.41, 5.74) is 12.4. The van der Waals surface area contributed by atoms with Crippen molar-refractivity contribution in [2.24, 2.45) is 0 Å². The molecule has 6 aromatic rings. The topological polar surface area (TPSA) is 4.93 Å². The van der Waals surface area contributed by atoms with E-state index in [4.69, 9.17) is 0 Å². The summed E-state index contributed by atoms with van der Waals surface area (Å²) >= 11 is 3.85. The van der Waals surface area contributed by atoms with Gasteiger partial charge in [0.15, 0.2) is 0 Å². The molecule has 0 atom stereocenters. The van der Waals surface area contributed by atoms with Gasteiger partial charge in [0.2, 0.25) is 0 Å². The van der Waals surface area contributed by atoms with Crippen molar-refractivity contribution in [1.29, 1.82) is 0 Å². The average molecular weight is 655 g/mol.